The lowest BCUT2D eigenvalue weighted by atomic mass is 10.1. The second-order valence-electron chi connectivity index (χ2n) is 5.56. The van der Waals surface area contributed by atoms with Gasteiger partial charge in [0, 0.05) is 38.8 Å². The minimum atomic E-state index is -3.35. The Morgan fingerprint density at radius 2 is 1.85 bits per heavy atom. The Kier molecular flexibility index (Phi) is 5.80. The zero-order chi connectivity index (χ0) is 14.6. The van der Waals surface area contributed by atoms with E-state index in [0.717, 1.165) is 32.1 Å². The maximum absolute atomic E-state index is 12.7. The topological polar surface area (TPSA) is 75.9 Å². The van der Waals surface area contributed by atoms with Crippen molar-refractivity contribution in [2.24, 2.45) is 5.73 Å². The fourth-order valence-electron chi connectivity index (χ4n) is 3.13. The largest absolute Gasteiger partial charge is 0.378 e. The van der Waals surface area contributed by atoms with Crippen LogP contribution in [-0.4, -0.2) is 62.0 Å². The van der Waals surface area contributed by atoms with E-state index in [4.69, 9.17) is 10.5 Å². The predicted molar refractivity (Wildman–Crippen MR) is 78.5 cm³/mol. The van der Waals surface area contributed by atoms with Gasteiger partial charge in [0.25, 0.3) is 10.2 Å². The van der Waals surface area contributed by atoms with Gasteiger partial charge in [0.05, 0.1) is 6.10 Å². The van der Waals surface area contributed by atoms with Crippen LogP contribution in [0.25, 0.3) is 0 Å². The van der Waals surface area contributed by atoms with Gasteiger partial charge in [0.15, 0.2) is 0 Å². The summed E-state index contributed by atoms with van der Waals surface area (Å²) in [5.41, 5.74) is 5.74. The molecule has 0 bridgehead atoms. The van der Waals surface area contributed by atoms with Crippen LogP contribution in [0.3, 0.4) is 0 Å². The molecule has 0 saturated carbocycles. The first-order valence-electron chi connectivity index (χ1n) is 7.68. The van der Waals surface area contributed by atoms with Crippen LogP contribution in [0.4, 0.5) is 0 Å². The third-order valence-electron chi connectivity index (χ3n) is 4.27. The first-order valence-corrected chi connectivity index (χ1v) is 9.08. The Labute approximate surface area is 122 Å². The van der Waals surface area contributed by atoms with Crippen molar-refractivity contribution >= 4 is 10.2 Å². The Balaban J connectivity index is 1.99. The number of nitrogens with two attached hydrogens (primary N) is 1. The Morgan fingerprint density at radius 1 is 1.15 bits per heavy atom. The molecular weight excluding hydrogens is 278 g/mol. The zero-order valence-corrected chi connectivity index (χ0v) is 13.1. The Morgan fingerprint density at radius 3 is 2.45 bits per heavy atom. The molecule has 2 aliphatic rings. The fraction of sp³-hybridized carbons (Fsp3) is 1.00. The van der Waals surface area contributed by atoms with Gasteiger partial charge in [-0.25, -0.2) is 0 Å². The maximum Gasteiger partial charge on any atom is 0.282 e. The van der Waals surface area contributed by atoms with Crippen molar-refractivity contribution in [3.8, 4) is 0 Å². The highest BCUT2D eigenvalue weighted by Crippen LogP contribution is 2.25. The molecular formula is C13H27N3O3S. The van der Waals surface area contributed by atoms with Gasteiger partial charge in [-0.15, -0.1) is 0 Å². The van der Waals surface area contributed by atoms with Crippen LogP contribution < -0.4 is 5.73 Å². The molecule has 1 atom stereocenters. The molecule has 2 heterocycles. The highest BCUT2D eigenvalue weighted by Gasteiger charge is 2.37. The molecule has 0 radical (unpaired) electrons. The van der Waals surface area contributed by atoms with Gasteiger partial charge in [-0.2, -0.15) is 17.0 Å². The van der Waals surface area contributed by atoms with Gasteiger partial charge < -0.3 is 10.5 Å². The Bertz CT molecular complexity index is 394. The van der Waals surface area contributed by atoms with Crippen LogP contribution in [0.5, 0.6) is 0 Å². The number of nitrogens with zero attached hydrogens (tertiary/aromatic N) is 2. The van der Waals surface area contributed by atoms with Crippen molar-refractivity contribution in [2.75, 3.05) is 32.8 Å². The quantitative estimate of drug-likeness (QED) is 0.804. The van der Waals surface area contributed by atoms with E-state index >= 15 is 0 Å². The monoisotopic (exact) mass is 305 g/mol. The summed E-state index contributed by atoms with van der Waals surface area (Å²) >= 11 is 0. The second-order valence-corrected chi connectivity index (χ2v) is 7.44. The van der Waals surface area contributed by atoms with E-state index < -0.39 is 10.2 Å². The number of piperidine rings is 2. The third kappa shape index (κ3) is 3.51. The number of hydrogen-bond acceptors (Lipinski definition) is 4. The van der Waals surface area contributed by atoms with Crippen molar-refractivity contribution in [3.63, 3.8) is 0 Å². The molecule has 0 spiro atoms. The smallest absolute Gasteiger partial charge is 0.282 e. The van der Waals surface area contributed by atoms with E-state index in [2.05, 4.69) is 0 Å². The first-order chi connectivity index (χ1) is 9.59. The summed E-state index contributed by atoms with van der Waals surface area (Å²) in [6, 6.07) is -0.0293. The molecule has 0 aromatic rings. The number of ether oxygens (including phenoxy) is 1. The molecule has 2 aliphatic heterocycles. The lowest BCUT2D eigenvalue weighted by Gasteiger charge is -2.39. The third-order valence-corrected chi connectivity index (χ3v) is 6.36. The average molecular weight is 305 g/mol. The van der Waals surface area contributed by atoms with E-state index in [1.807, 2.05) is 6.92 Å². The van der Waals surface area contributed by atoms with Gasteiger partial charge in [-0.05, 0) is 32.6 Å². The molecule has 2 N–H and O–H groups in total. The minimum absolute atomic E-state index is 0.0293. The summed E-state index contributed by atoms with van der Waals surface area (Å²) in [5, 5.41) is 0. The van der Waals surface area contributed by atoms with Crippen LogP contribution in [0, 0.1) is 0 Å². The van der Waals surface area contributed by atoms with Crippen LogP contribution in [0.1, 0.15) is 39.0 Å². The molecule has 0 amide bonds. The molecule has 2 rings (SSSR count). The van der Waals surface area contributed by atoms with E-state index in [-0.39, 0.29) is 12.1 Å². The molecule has 7 heteroatoms. The first kappa shape index (κ1) is 16.2. The standard InChI is InChI=1S/C13H27N3O3S/c1-2-19-13-6-9-15(10-7-13)20(17,18)16-8-4-3-5-12(16)11-14/h12-13H,2-11,14H2,1H3. The summed E-state index contributed by atoms with van der Waals surface area (Å²) < 4.78 is 34.3. The SMILES string of the molecule is CCOC1CCN(S(=O)(=O)N2CCCCC2CN)CC1. The van der Waals surface area contributed by atoms with E-state index in [9.17, 15) is 8.42 Å². The van der Waals surface area contributed by atoms with Gasteiger partial charge in [-0.3, -0.25) is 0 Å². The van der Waals surface area contributed by atoms with Gasteiger partial charge in [0.1, 0.15) is 0 Å². The molecule has 0 aromatic heterocycles. The van der Waals surface area contributed by atoms with Crippen molar-refractivity contribution in [2.45, 2.75) is 51.2 Å². The Hall–Kier alpha value is -0.210. The molecule has 2 saturated heterocycles. The molecule has 2 fully saturated rings. The normalized spacial score (nSPS) is 27.8. The molecule has 0 aliphatic carbocycles. The average Bonchev–Trinajstić information content (AvgIpc) is 2.48. The summed E-state index contributed by atoms with van der Waals surface area (Å²) in [6.45, 7) is 4.80. The lowest BCUT2D eigenvalue weighted by molar-refractivity contribution is 0.0276. The zero-order valence-electron chi connectivity index (χ0n) is 12.3. The van der Waals surface area contributed by atoms with Crippen LogP contribution in [-0.2, 0) is 14.9 Å². The van der Waals surface area contributed by atoms with E-state index in [1.165, 1.54) is 0 Å². The van der Waals surface area contributed by atoms with Crippen molar-refractivity contribution in [1.82, 2.24) is 8.61 Å². The van der Waals surface area contributed by atoms with Crippen molar-refractivity contribution in [3.05, 3.63) is 0 Å². The molecule has 20 heavy (non-hydrogen) atoms. The number of rotatable bonds is 5. The lowest BCUT2D eigenvalue weighted by Crippen LogP contribution is -2.54. The number of hydrogen-bond donors (Lipinski definition) is 1. The van der Waals surface area contributed by atoms with Crippen molar-refractivity contribution in [1.29, 1.82) is 0 Å². The fourth-order valence-corrected chi connectivity index (χ4v) is 5.02. The van der Waals surface area contributed by atoms with Gasteiger partial charge in [0.2, 0.25) is 0 Å². The van der Waals surface area contributed by atoms with Crippen LogP contribution in [0.15, 0.2) is 0 Å². The second kappa shape index (κ2) is 7.17. The summed E-state index contributed by atoms with van der Waals surface area (Å²) in [7, 11) is -3.35. The van der Waals surface area contributed by atoms with Crippen LogP contribution in [0.2, 0.25) is 0 Å². The minimum Gasteiger partial charge on any atom is -0.378 e. The molecule has 118 valence electrons. The molecule has 0 aromatic carbocycles. The summed E-state index contributed by atoms with van der Waals surface area (Å²) in [4.78, 5) is 0. The molecule has 6 nitrogen and oxygen atoms in total. The summed E-state index contributed by atoms with van der Waals surface area (Å²) in [5.74, 6) is 0. The summed E-state index contributed by atoms with van der Waals surface area (Å²) in [6.07, 6.45) is 4.66. The highest BCUT2D eigenvalue weighted by atomic mass is 32.2. The highest BCUT2D eigenvalue weighted by molar-refractivity contribution is 7.86. The molecule has 1 unspecified atom stereocenters. The van der Waals surface area contributed by atoms with E-state index in [0.29, 0.717) is 32.8 Å². The van der Waals surface area contributed by atoms with E-state index in [1.54, 1.807) is 8.61 Å². The predicted octanol–water partition coefficient (Wildman–Crippen LogP) is 0.545. The van der Waals surface area contributed by atoms with Crippen LogP contribution >= 0.6 is 0 Å². The maximum atomic E-state index is 12.7. The van der Waals surface area contributed by atoms with Crippen molar-refractivity contribution < 1.29 is 13.2 Å². The van der Waals surface area contributed by atoms with Gasteiger partial charge in [-0.1, -0.05) is 6.42 Å². The van der Waals surface area contributed by atoms with Gasteiger partial charge >= 0.3 is 0 Å².